The van der Waals surface area contributed by atoms with E-state index in [1.165, 1.54) is 6.07 Å². The van der Waals surface area contributed by atoms with Crippen molar-refractivity contribution in [1.82, 2.24) is 10.2 Å². The molecule has 0 saturated carbocycles. The Morgan fingerprint density at radius 2 is 1.95 bits per heavy atom. The number of nitrogens with zero attached hydrogens (tertiary/aromatic N) is 1. The molecule has 0 atom stereocenters. The number of rotatable bonds is 4. The van der Waals surface area contributed by atoms with E-state index < -0.39 is 11.7 Å². The molecule has 0 radical (unpaired) electrons. The average molecular weight is 286 g/mol. The SMILES string of the molecule is O=C(Cc1cccc(C(F)(F)F)c1)CN1CCNCC1. The molecule has 110 valence electrons. The summed E-state index contributed by atoms with van der Waals surface area (Å²) < 4.78 is 37.7. The third-order valence-electron chi connectivity index (χ3n) is 3.27. The van der Waals surface area contributed by atoms with E-state index >= 15 is 0 Å². The van der Waals surface area contributed by atoms with Gasteiger partial charge in [0.2, 0.25) is 0 Å². The van der Waals surface area contributed by atoms with Crippen LogP contribution >= 0.6 is 0 Å². The van der Waals surface area contributed by atoms with Crippen LogP contribution < -0.4 is 5.32 Å². The fraction of sp³-hybridized carbons (Fsp3) is 0.500. The molecule has 6 heteroatoms. The van der Waals surface area contributed by atoms with Crippen LogP contribution in [0, 0.1) is 0 Å². The summed E-state index contributed by atoms with van der Waals surface area (Å²) in [5.41, 5.74) is -0.287. The summed E-state index contributed by atoms with van der Waals surface area (Å²) in [6.45, 7) is 3.59. The Kier molecular flexibility index (Phi) is 4.77. The minimum absolute atomic E-state index is 0.0495. The van der Waals surface area contributed by atoms with E-state index in [1.54, 1.807) is 6.07 Å². The maximum Gasteiger partial charge on any atom is 0.416 e. The van der Waals surface area contributed by atoms with E-state index in [0.29, 0.717) is 12.1 Å². The first kappa shape index (κ1) is 15.0. The Balaban J connectivity index is 1.93. The van der Waals surface area contributed by atoms with E-state index in [-0.39, 0.29) is 12.2 Å². The predicted octanol–water partition coefficient (Wildman–Crippen LogP) is 1.72. The van der Waals surface area contributed by atoms with Crippen molar-refractivity contribution in [3.8, 4) is 0 Å². The third kappa shape index (κ3) is 4.31. The van der Waals surface area contributed by atoms with Gasteiger partial charge in [-0.1, -0.05) is 18.2 Å². The number of carbonyl (C=O) groups excluding carboxylic acids is 1. The monoisotopic (exact) mass is 286 g/mol. The molecule has 0 bridgehead atoms. The predicted molar refractivity (Wildman–Crippen MR) is 69.5 cm³/mol. The third-order valence-corrected chi connectivity index (χ3v) is 3.27. The maximum atomic E-state index is 12.6. The van der Waals surface area contributed by atoms with Gasteiger partial charge in [0.15, 0.2) is 5.78 Å². The van der Waals surface area contributed by atoms with Crippen LogP contribution in [0.3, 0.4) is 0 Å². The molecule has 0 unspecified atom stereocenters. The normalized spacial score (nSPS) is 17.1. The Morgan fingerprint density at radius 3 is 2.60 bits per heavy atom. The number of piperazine rings is 1. The molecule has 1 heterocycles. The summed E-state index contributed by atoms with van der Waals surface area (Å²) in [7, 11) is 0. The standard InChI is InChI=1S/C14H17F3N2O/c15-14(16,17)12-3-1-2-11(8-12)9-13(20)10-19-6-4-18-5-7-19/h1-3,8,18H,4-7,9-10H2. The number of nitrogens with one attached hydrogen (secondary N) is 1. The molecule has 20 heavy (non-hydrogen) atoms. The Labute approximate surface area is 115 Å². The molecule has 1 aromatic carbocycles. The average Bonchev–Trinajstić information content (AvgIpc) is 2.39. The molecule has 1 aromatic rings. The fourth-order valence-corrected chi connectivity index (χ4v) is 2.26. The molecule has 1 N–H and O–H groups in total. The number of hydrogen-bond acceptors (Lipinski definition) is 3. The highest BCUT2D eigenvalue weighted by Crippen LogP contribution is 2.29. The summed E-state index contributed by atoms with van der Waals surface area (Å²) in [4.78, 5) is 13.9. The highest BCUT2D eigenvalue weighted by molar-refractivity contribution is 5.82. The van der Waals surface area contributed by atoms with Crippen LogP contribution in [0.15, 0.2) is 24.3 Å². The Bertz CT molecular complexity index is 468. The summed E-state index contributed by atoms with van der Waals surface area (Å²) in [5, 5.41) is 3.18. The van der Waals surface area contributed by atoms with Crippen LogP contribution in [0.5, 0.6) is 0 Å². The van der Waals surface area contributed by atoms with Crippen LogP contribution in [0.25, 0.3) is 0 Å². The Hall–Kier alpha value is -1.40. The molecule has 2 rings (SSSR count). The quantitative estimate of drug-likeness (QED) is 0.915. The van der Waals surface area contributed by atoms with Crippen LogP contribution in [0.4, 0.5) is 13.2 Å². The van der Waals surface area contributed by atoms with E-state index in [9.17, 15) is 18.0 Å². The minimum atomic E-state index is -4.36. The lowest BCUT2D eigenvalue weighted by atomic mass is 10.1. The number of hydrogen-bond donors (Lipinski definition) is 1. The van der Waals surface area contributed by atoms with E-state index in [2.05, 4.69) is 5.32 Å². The maximum absolute atomic E-state index is 12.6. The smallest absolute Gasteiger partial charge is 0.314 e. The zero-order valence-electron chi connectivity index (χ0n) is 11.0. The Morgan fingerprint density at radius 1 is 1.25 bits per heavy atom. The van der Waals surface area contributed by atoms with Gasteiger partial charge in [-0.25, -0.2) is 0 Å². The van der Waals surface area contributed by atoms with Crippen LogP contribution in [-0.4, -0.2) is 43.4 Å². The topological polar surface area (TPSA) is 32.3 Å². The molecule has 0 spiro atoms. The fourth-order valence-electron chi connectivity index (χ4n) is 2.26. The summed E-state index contributed by atoms with van der Waals surface area (Å²) in [6.07, 6.45) is -4.31. The van der Waals surface area contributed by atoms with Gasteiger partial charge in [0.1, 0.15) is 0 Å². The number of halogens is 3. The lowest BCUT2D eigenvalue weighted by Crippen LogP contribution is -2.45. The molecule has 1 fully saturated rings. The largest absolute Gasteiger partial charge is 0.416 e. The first-order valence-corrected chi connectivity index (χ1v) is 6.56. The van der Waals surface area contributed by atoms with Gasteiger partial charge >= 0.3 is 6.18 Å². The second kappa shape index (κ2) is 6.37. The number of ketones is 1. The minimum Gasteiger partial charge on any atom is -0.314 e. The second-order valence-electron chi connectivity index (χ2n) is 4.94. The van der Waals surface area contributed by atoms with Crippen molar-refractivity contribution in [2.75, 3.05) is 32.7 Å². The van der Waals surface area contributed by atoms with Crippen LogP contribution in [0.2, 0.25) is 0 Å². The van der Waals surface area contributed by atoms with Gasteiger partial charge in [0.25, 0.3) is 0 Å². The lowest BCUT2D eigenvalue weighted by Gasteiger charge is -2.26. The molecule has 1 aliphatic rings. The van der Waals surface area contributed by atoms with Crippen LogP contribution in [-0.2, 0) is 17.4 Å². The van der Waals surface area contributed by atoms with E-state index in [4.69, 9.17) is 0 Å². The second-order valence-corrected chi connectivity index (χ2v) is 4.94. The van der Waals surface area contributed by atoms with Gasteiger partial charge < -0.3 is 5.32 Å². The van der Waals surface area contributed by atoms with Crippen molar-refractivity contribution in [3.05, 3.63) is 35.4 Å². The van der Waals surface area contributed by atoms with Gasteiger partial charge in [-0.3, -0.25) is 9.69 Å². The highest BCUT2D eigenvalue weighted by Gasteiger charge is 2.30. The van der Waals surface area contributed by atoms with Gasteiger partial charge in [0.05, 0.1) is 12.1 Å². The van der Waals surface area contributed by atoms with Crippen molar-refractivity contribution in [3.63, 3.8) is 0 Å². The van der Waals surface area contributed by atoms with Gasteiger partial charge in [0, 0.05) is 32.6 Å². The molecular weight excluding hydrogens is 269 g/mol. The van der Waals surface area contributed by atoms with Gasteiger partial charge in [-0.2, -0.15) is 13.2 Å². The molecule has 0 amide bonds. The molecule has 0 aromatic heterocycles. The molecule has 1 saturated heterocycles. The van der Waals surface area contributed by atoms with Crippen molar-refractivity contribution in [2.24, 2.45) is 0 Å². The zero-order chi connectivity index (χ0) is 14.6. The first-order chi connectivity index (χ1) is 9.45. The number of benzene rings is 1. The van der Waals surface area contributed by atoms with Crippen molar-refractivity contribution in [1.29, 1.82) is 0 Å². The zero-order valence-corrected chi connectivity index (χ0v) is 11.0. The van der Waals surface area contributed by atoms with E-state index in [1.807, 2.05) is 4.90 Å². The number of Topliss-reactive ketones (excluding diaryl/α,β-unsaturated/α-hetero) is 1. The first-order valence-electron chi connectivity index (χ1n) is 6.56. The number of carbonyl (C=O) groups is 1. The van der Waals surface area contributed by atoms with Gasteiger partial charge in [-0.15, -0.1) is 0 Å². The summed E-state index contributed by atoms with van der Waals surface area (Å²) >= 11 is 0. The molecule has 0 aliphatic carbocycles. The lowest BCUT2D eigenvalue weighted by molar-refractivity contribution is -0.137. The van der Waals surface area contributed by atoms with Crippen molar-refractivity contribution < 1.29 is 18.0 Å². The van der Waals surface area contributed by atoms with Crippen molar-refractivity contribution >= 4 is 5.78 Å². The number of alkyl halides is 3. The molecule has 1 aliphatic heterocycles. The van der Waals surface area contributed by atoms with Crippen molar-refractivity contribution in [2.45, 2.75) is 12.6 Å². The summed E-state index contributed by atoms with van der Waals surface area (Å²) in [5.74, 6) is -0.0498. The molecular formula is C14H17F3N2O. The summed E-state index contributed by atoms with van der Waals surface area (Å²) in [6, 6.07) is 4.97. The molecule has 3 nitrogen and oxygen atoms in total. The van der Waals surface area contributed by atoms with E-state index in [0.717, 1.165) is 38.3 Å². The van der Waals surface area contributed by atoms with Crippen LogP contribution in [0.1, 0.15) is 11.1 Å². The highest BCUT2D eigenvalue weighted by atomic mass is 19.4. The van der Waals surface area contributed by atoms with Gasteiger partial charge in [-0.05, 0) is 11.6 Å².